The second kappa shape index (κ2) is 3.01. The molecule has 3 nitrogen and oxygen atoms in total. The zero-order chi connectivity index (χ0) is 9.54. The molecule has 0 aliphatic heterocycles. The zero-order valence-corrected chi connectivity index (χ0v) is 8.38. The van der Waals surface area contributed by atoms with Crippen molar-refractivity contribution in [2.45, 2.75) is 51.0 Å². The van der Waals surface area contributed by atoms with Crippen molar-refractivity contribution in [1.82, 2.24) is 9.78 Å². The van der Waals surface area contributed by atoms with Gasteiger partial charge < -0.3 is 0 Å². The molecule has 0 atom stereocenters. The smallest absolute Gasteiger partial charge is 0.267 e. The maximum absolute atomic E-state index is 11.6. The lowest BCUT2D eigenvalue weighted by Gasteiger charge is -2.13. The van der Waals surface area contributed by atoms with Gasteiger partial charge >= 0.3 is 0 Å². The third kappa shape index (κ3) is 1.08. The van der Waals surface area contributed by atoms with Crippen LogP contribution >= 0.6 is 0 Å². The van der Waals surface area contributed by atoms with Crippen LogP contribution in [0.3, 0.4) is 0 Å². The normalized spacial score (nSPS) is 21.7. The predicted molar refractivity (Wildman–Crippen MR) is 54.6 cm³/mol. The van der Waals surface area contributed by atoms with E-state index in [0.29, 0.717) is 6.04 Å². The van der Waals surface area contributed by atoms with Crippen LogP contribution in [0, 0.1) is 0 Å². The molecule has 2 aliphatic carbocycles. The van der Waals surface area contributed by atoms with Gasteiger partial charge in [-0.25, -0.2) is 0 Å². The summed E-state index contributed by atoms with van der Waals surface area (Å²) in [4.78, 5) is 11.6. The minimum Gasteiger partial charge on any atom is -0.286 e. The second-order valence-corrected chi connectivity index (χ2v) is 4.53. The molecule has 0 aromatic carbocycles. The van der Waals surface area contributed by atoms with Gasteiger partial charge in [-0.1, -0.05) is 12.8 Å². The number of hydrogen-bond donors (Lipinski definition) is 1. The summed E-state index contributed by atoms with van der Waals surface area (Å²) >= 11 is 0. The zero-order valence-electron chi connectivity index (χ0n) is 8.38. The molecule has 1 saturated carbocycles. The van der Waals surface area contributed by atoms with Crippen molar-refractivity contribution >= 4 is 0 Å². The summed E-state index contributed by atoms with van der Waals surface area (Å²) in [5.74, 6) is 0. The fourth-order valence-electron chi connectivity index (χ4n) is 2.96. The van der Waals surface area contributed by atoms with Gasteiger partial charge in [-0.15, -0.1) is 0 Å². The second-order valence-electron chi connectivity index (χ2n) is 4.53. The summed E-state index contributed by atoms with van der Waals surface area (Å²) < 4.78 is 2.18. The van der Waals surface area contributed by atoms with Crippen LogP contribution in [0.15, 0.2) is 4.79 Å². The number of nitrogens with one attached hydrogen (secondary N) is 1. The van der Waals surface area contributed by atoms with Crippen LogP contribution in [0.2, 0.25) is 0 Å². The molecule has 1 aromatic rings. The van der Waals surface area contributed by atoms with E-state index in [4.69, 9.17) is 0 Å². The molecule has 3 heteroatoms. The molecule has 1 aromatic heterocycles. The quantitative estimate of drug-likeness (QED) is 0.723. The van der Waals surface area contributed by atoms with Gasteiger partial charge in [0.25, 0.3) is 5.56 Å². The lowest BCUT2D eigenvalue weighted by molar-refractivity contribution is 0.448. The number of aromatic amines is 1. The van der Waals surface area contributed by atoms with Gasteiger partial charge in [0.05, 0.1) is 6.04 Å². The molecule has 0 radical (unpaired) electrons. The van der Waals surface area contributed by atoms with Gasteiger partial charge in [0.15, 0.2) is 0 Å². The largest absolute Gasteiger partial charge is 0.286 e. The monoisotopic (exact) mass is 192 g/mol. The van der Waals surface area contributed by atoms with Crippen LogP contribution in [0.4, 0.5) is 0 Å². The molecule has 0 spiro atoms. The third-order valence-electron chi connectivity index (χ3n) is 3.67. The van der Waals surface area contributed by atoms with E-state index in [0.717, 1.165) is 18.4 Å². The van der Waals surface area contributed by atoms with Crippen LogP contribution in [0.25, 0.3) is 0 Å². The topological polar surface area (TPSA) is 37.8 Å². The molecule has 76 valence electrons. The molecule has 0 unspecified atom stereocenters. The Bertz CT molecular complexity index is 396. The van der Waals surface area contributed by atoms with Crippen LogP contribution in [-0.4, -0.2) is 9.78 Å². The van der Waals surface area contributed by atoms with Crippen molar-refractivity contribution in [3.63, 3.8) is 0 Å². The molecule has 2 aliphatic rings. The number of nitrogens with zero attached hydrogens (tertiary/aromatic N) is 1. The van der Waals surface area contributed by atoms with Crippen molar-refractivity contribution in [2.24, 2.45) is 0 Å². The van der Waals surface area contributed by atoms with E-state index in [1.807, 2.05) is 0 Å². The molecule has 0 bridgehead atoms. The Morgan fingerprint density at radius 2 is 1.93 bits per heavy atom. The number of aromatic nitrogens is 2. The standard InChI is InChI=1S/C11H16N2O/c14-11-9-6-3-7-10(9)13(12-11)8-4-1-2-5-8/h8H,1-7H2,(H,12,14). The summed E-state index contributed by atoms with van der Waals surface area (Å²) in [5, 5.41) is 3.02. The van der Waals surface area contributed by atoms with Gasteiger partial charge in [-0.3, -0.25) is 14.6 Å². The first kappa shape index (κ1) is 8.33. The summed E-state index contributed by atoms with van der Waals surface area (Å²) in [6.45, 7) is 0. The van der Waals surface area contributed by atoms with Gasteiger partial charge in [0.2, 0.25) is 0 Å². The number of rotatable bonds is 1. The fourth-order valence-corrected chi connectivity index (χ4v) is 2.96. The molecular formula is C11H16N2O. The molecule has 1 N–H and O–H groups in total. The van der Waals surface area contributed by atoms with Crippen molar-refractivity contribution < 1.29 is 0 Å². The molecule has 14 heavy (non-hydrogen) atoms. The molecular weight excluding hydrogens is 176 g/mol. The van der Waals surface area contributed by atoms with Crippen molar-refractivity contribution in [1.29, 1.82) is 0 Å². The summed E-state index contributed by atoms with van der Waals surface area (Å²) in [5.41, 5.74) is 2.54. The highest BCUT2D eigenvalue weighted by Gasteiger charge is 2.25. The lowest BCUT2D eigenvalue weighted by Crippen LogP contribution is -2.13. The molecule has 3 rings (SSSR count). The Hall–Kier alpha value is -0.990. The number of hydrogen-bond acceptors (Lipinski definition) is 1. The van der Waals surface area contributed by atoms with Crippen LogP contribution < -0.4 is 5.56 Å². The van der Waals surface area contributed by atoms with Gasteiger partial charge in [-0.2, -0.15) is 0 Å². The molecule has 1 fully saturated rings. The highest BCUT2D eigenvalue weighted by atomic mass is 16.1. The molecule has 0 saturated heterocycles. The maximum Gasteiger partial charge on any atom is 0.267 e. The summed E-state index contributed by atoms with van der Waals surface area (Å²) in [7, 11) is 0. The Morgan fingerprint density at radius 3 is 2.71 bits per heavy atom. The molecule has 0 amide bonds. The summed E-state index contributed by atoms with van der Waals surface area (Å²) in [6, 6.07) is 0.588. The minimum atomic E-state index is 0.171. The van der Waals surface area contributed by atoms with Gasteiger partial charge in [0, 0.05) is 11.3 Å². The van der Waals surface area contributed by atoms with E-state index >= 15 is 0 Å². The first-order valence-corrected chi connectivity index (χ1v) is 5.68. The lowest BCUT2D eigenvalue weighted by atomic mass is 10.2. The maximum atomic E-state index is 11.6. The number of fused-ring (bicyclic) bond motifs is 1. The van der Waals surface area contributed by atoms with Crippen LogP contribution in [0.5, 0.6) is 0 Å². The van der Waals surface area contributed by atoms with Gasteiger partial charge in [0.1, 0.15) is 0 Å². The van der Waals surface area contributed by atoms with E-state index in [2.05, 4.69) is 9.78 Å². The van der Waals surface area contributed by atoms with Crippen molar-refractivity contribution in [2.75, 3.05) is 0 Å². The minimum absolute atomic E-state index is 0.171. The first-order valence-electron chi connectivity index (χ1n) is 5.68. The average molecular weight is 192 g/mol. The highest BCUT2D eigenvalue weighted by Crippen LogP contribution is 2.31. The summed E-state index contributed by atoms with van der Waals surface area (Å²) in [6.07, 6.45) is 8.39. The Labute approximate surface area is 83.1 Å². The Balaban J connectivity index is 2.05. The fraction of sp³-hybridized carbons (Fsp3) is 0.727. The predicted octanol–water partition coefficient (Wildman–Crippen LogP) is 1.78. The van der Waals surface area contributed by atoms with Crippen LogP contribution in [-0.2, 0) is 12.8 Å². The van der Waals surface area contributed by atoms with E-state index in [1.54, 1.807) is 0 Å². The SMILES string of the molecule is O=c1[nH]n(C2CCCC2)c2c1CCC2. The van der Waals surface area contributed by atoms with Crippen molar-refractivity contribution in [3.05, 3.63) is 21.6 Å². The third-order valence-corrected chi connectivity index (χ3v) is 3.67. The number of H-pyrrole nitrogens is 1. The van der Waals surface area contributed by atoms with E-state index in [9.17, 15) is 4.79 Å². The van der Waals surface area contributed by atoms with Crippen molar-refractivity contribution in [3.8, 4) is 0 Å². The average Bonchev–Trinajstić information content (AvgIpc) is 2.84. The van der Waals surface area contributed by atoms with E-state index in [1.165, 1.54) is 37.8 Å². The molecule has 1 heterocycles. The first-order chi connectivity index (χ1) is 6.86. The Kier molecular flexibility index (Phi) is 1.79. The Morgan fingerprint density at radius 1 is 1.14 bits per heavy atom. The van der Waals surface area contributed by atoms with Gasteiger partial charge in [-0.05, 0) is 32.1 Å². The highest BCUT2D eigenvalue weighted by molar-refractivity contribution is 5.23. The van der Waals surface area contributed by atoms with Crippen LogP contribution in [0.1, 0.15) is 49.4 Å². The van der Waals surface area contributed by atoms with E-state index in [-0.39, 0.29) is 5.56 Å². The van der Waals surface area contributed by atoms with E-state index < -0.39 is 0 Å².